The van der Waals surface area contributed by atoms with E-state index in [0.29, 0.717) is 29.7 Å². The lowest BCUT2D eigenvalue weighted by atomic mass is 10.2. The molecule has 3 rings (SSSR count). The standard InChI is InChI=1S/C20H25Cl2N3O2/c21-17-5-6-18(22)16(14-17)4-7-19(26)25-11-3-8-23(12-13-25)15-20(27)24-9-1-2-10-24/h4-7,14H,1-3,8-13,15H2/b7-4+. The number of nitrogens with zero attached hydrogens (tertiary/aromatic N) is 3. The minimum atomic E-state index is -0.0428. The number of likely N-dealkylation sites (tertiary alicyclic amines) is 1. The quantitative estimate of drug-likeness (QED) is 0.717. The van der Waals surface area contributed by atoms with Crippen molar-refractivity contribution in [3.8, 4) is 0 Å². The van der Waals surface area contributed by atoms with Crippen LogP contribution in [0.3, 0.4) is 0 Å². The summed E-state index contributed by atoms with van der Waals surface area (Å²) in [6, 6.07) is 5.17. The van der Waals surface area contributed by atoms with E-state index in [0.717, 1.165) is 51.0 Å². The lowest BCUT2D eigenvalue weighted by Crippen LogP contribution is -2.41. The van der Waals surface area contributed by atoms with Gasteiger partial charge in [0.2, 0.25) is 11.8 Å². The van der Waals surface area contributed by atoms with Gasteiger partial charge in [-0.05, 0) is 49.1 Å². The van der Waals surface area contributed by atoms with Crippen molar-refractivity contribution in [1.82, 2.24) is 14.7 Å². The summed E-state index contributed by atoms with van der Waals surface area (Å²) in [7, 11) is 0. The molecule has 0 aliphatic carbocycles. The lowest BCUT2D eigenvalue weighted by molar-refractivity contribution is -0.131. The summed E-state index contributed by atoms with van der Waals surface area (Å²) in [5.74, 6) is 0.168. The Morgan fingerprint density at radius 2 is 1.67 bits per heavy atom. The zero-order valence-electron chi connectivity index (χ0n) is 15.4. The second-order valence-corrected chi connectivity index (χ2v) is 7.89. The van der Waals surface area contributed by atoms with Gasteiger partial charge in [0.15, 0.2) is 0 Å². The van der Waals surface area contributed by atoms with Crippen molar-refractivity contribution in [2.45, 2.75) is 19.3 Å². The fourth-order valence-electron chi connectivity index (χ4n) is 3.52. The summed E-state index contributed by atoms with van der Waals surface area (Å²) in [5.41, 5.74) is 0.727. The highest BCUT2D eigenvalue weighted by Gasteiger charge is 2.23. The van der Waals surface area contributed by atoms with Crippen LogP contribution in [0.15, 0.2) is 24.3 Å². The molecule has 5 nitrogen and oxygen atoms in total. The second-order valence-electron chi connectivity index (χ2n) is 7.04. The molecule has 0 N–H and O–H groups in total. The fourth-order valence-corrected chi connectivity index (χ4v) is 3.88. The van der Waals surface area contributed by atoms with Crippen molar-refractivity contribution >= 4 is 41.1 Å². The van der Waals surface area contributed by atoms with Crippen LogP contribution in [0, 0.1) is 0 Å². The number of hydrogen-bond donors (Lipinski definition) is 0. The number of halogens is 2. The summed E-state index contributed by atoms with van der Waals surface area (Å²) in [6.45, 7) is 5.10. The first-order valence-electron chi connectivity index (χ1n) is 9.45. The zero-order valence-corrected chi connectivity index (χ0v) is 16.9. The SMILES string of the molecule is O=C(/C=C/c1cc(Cl)ccc1Cl)N1CCCN(CC(=O)N2CCCC2)CC1. The molecule has 1 aromatic rings. The van der Waals surface area contributed by atoms with Crippen molar-refractivity contribution < 1.29 is 9.59 Å². The molecule has 27 heavy (non-hydrogen) atoms. The average molecular weight is 410 g/mol. The van der Waals surface area contributed by atoms with Gasteiger partial charge in [-0.2, -0.15) is 0 Å². The normalized spacial score (nSPS) is 18.9. The molecule has 1 aromatic carbocycles. The predicted octanol–water partition coefficient (Wildman–Crippen LogP) is 3.16. The van der Waals surface area contributed by atoms with Crippen LogP contribution in [0.1, 0.15) is 24.8 Å². The zero-order chi connectivity index (χ0) is 19.2. The molecule has 0 bridgehead atoms. The number of benzene rings is 1. The smallest absolute Gasteiger partial charge is 0.246 e. The number of carbonyl (C=O) groups is 2. The summed E-state index contributed by atoms with van der Waals surface area (Å²) >= 11 is 12.1. The van der Waals surface area contributed by atoms with Gasteiger partial charge in [0.1, 0.15) is 0 Å². The summed E-state index contributed by atoms with van der Waals surface area (Å²) < 4.78 is 0. The second kappa shape index (κ2) is 9.58. The summed E-state index contributed by atoms with van der Waals surface area (Å²) in [4.78, 5) is 30.8. The maximum absolute atomic E-state index is 12.5. The Morgan fingerprint density at radius 1 is 0.926 bits per heavy atom. The molecule has 146 valence electrons. The third-order valence-corrected chi connectivity index (χ3v) is 5.66. The minimum Gasteiger partial charge on any atom is -0.342 e. The van der Waals surface area contributed by atoms with Crippen LogP contribution in [0.2, 0.25) is 10.0 Å². The van der Waals surface area contributed by atoms with Crippen LogP contribution in [0.4, 0.5) is 0 Å². The van der Waals surface area contributed by atoms with E-state index < -0.39 is 0 Å². The molecule has 0 spiro atoms. The molecular formula is C20H25Cl2N3O2. The maximum atomic E-state index is 12.5. The Balaban J connectivity index is 1.52. The Hall–Kier alpha value is -1.56. The van der Waals surface area contributed by atoms with Gasteiger partial charge in [0, 0.05) is 55.4 Å². The minimum absolute atomic E-state index is 0.0428. The monoisotopic (exact) mass is 409 g/mol. The van der Waals surface area contributed by atoms with Crippen molar-refractivity contribution in [2.75, 3.05) is 45.8 Å². The first-order chi connectivity index (χ1) is 13.0. The highest BCUT2D eigenvalue weighted by Crippen LogP contribution is 2.22. The molecule has 2 amide bonds. The van der Waals surface area contributed by atoms with Crippen molar-refractivity contribution in [1.29, 1.82) is 0 Å². The van der Waals surface area contributed by atoms with Crippen LogP contribution in [0.25, 0.3) is 6.08 Å². The van der Waals surface area contributed by atoms with Crippen LogP contribution in [0.5, 0.6) is 0 Å². The van der Waals surface area contributed by atoms with Crippen LogP contribution in [-0.4, -0.2) is 72.3 Å². The topological polar surface area (TPSA) is 43.9 Å². The van der Waals surface area contributed by atoms with E-state index >= 15 is 0 Å². The Bertz CT molecular complexity index is 717. The molecule has 0 atom stereocenters. The molecule has 2 saturated heterocycles. The molecule has 0 aromatic heterocycles. The van der Waals surface area contributed by atoms with Crippen molar-refractivity contribution in [2.24, 2.45) is 0 Å². The van der Waals surface area contributed by atoms with Crippen LogP contribution >= 0.6 is 23.2 Å². The van der Waals surface area contributed by atoms with Gasteiger partial charge in [0.25, 0.3) is 0 Å². The van der Waals surface area contributed by atoms with Gasteiger partial charge >= 0.3 is 0 Å². The molecule has 2 heterocycles. The first-order valence-corrected chi connectivity index (χ1v) is 10.2. The summed E-state index contributed by atoms with van der Waals surface area (Å²) in [5, 5.41) is 1.14. The Labute approximate surface area is 170 Å². The molecule has 2 fully saturated rings. The predicted molar refractivity (Wildman–Crippen MR) is 109 cm³/mol. The van der Waals surface area contributed by atoms with Gasteiger partial charge in [-0.25, -0.2) is 0 Å². The van der Waals surface area contributed by atoms with E-state index in [-0.39, 0.29) is 11.8 Å². The van der Waals surface area contributed by atoms with E-state index in [1.54, 1.807) is 30.4 Å². The third-order valence-electron chi connectivity index (χ3n) is 5.08. The summed E-state index contributed by atoms with van der Waals surface area (Å²) in [6.07, 6.45) is 6.33. The maximum Gasteiger partial charge on any atom is 0.246 e. The lowest BCUT2D eigenvalue weighted by Gasteiger charge is -2.23. The van der Waals surface area contributed by atoms with E-state index in [1.165, 1.54) is 0 Å². The first kappa shape index (κ1) is 20.2. The number of rotatable bonds is 4. The molecule has 0 saturated carbocycles. The van der Waals surface area contributed by atoms with E-state index in [9.17, 15) is 9.59 Å². The van der Waals surface area contributed by atoms with E-state index in [4.69, 9.17) is 23.2 Å². The van der Waals surface area contributed by atoms with Crippen molar-refractivity contribution in [3.05, 3.63) is 39.9 Å². The molecule has 2 aliphatic rings. The number of amides is 2. The van der Waals surface area contributed by atoms with Gasteiger partial charge in [-0.15, -0.1) is 0 Å². The van der Waals surface area contributed by atoms with Crippen molar-refractivity contribution in [3.63, 3.8) is 0 Å². The Kier molecular flexibility index (Phi) is 7.16. The van der Waals surface area contributed by atoms with Crippen LogP contribution in [-0.2, 0) is 9.59 Å². The van der Waals surface area contributed by atoms with Crippen LogP contribution < -0.4 is 0 Å². The highest BCUT2D eigenvalue weighted by molar-refractivity contribution is 6.34. The van der Waals surface area contributed by atoms with Gasteiger partial charge < -0.3 is 9.80 Å². The average Bonchev–Trinajstić information content (AvgIpc) is 3.10. The third kappa shape index (κ3) is 5.71. The van der Waals surface area contributed by atoms with Gasteiger partial charge in [0.05, 0.1) is 6.54 Å². The largest absolute Gasteiger partial charge is 0.342 e. The van der Waals surface area contributed by atoms with E-state index in [2.05, 4.69) is 4.90 Å². The molecule has 0 unspecified atom stereocenters. The fraction of sp³-hybridized carbons (Fsp3) is 0.500. The van der Waals surface area contributed by atoms with E-state index in [1.807, 2.05) is 9.80 Å². The van der Waals surface area contributed by atoms with Gasteiger partial charge in [-0.1, -0.05) is 23.2 Å². The molecule has 2 aliphatic heterocycles. The molecular weight excluding hydrogens is 385 g/mol. The number of carbonyl (C=O) groups excluding carboxylic acids is 2. The molecule has 0 radical (unpaired) electrons. The van der Waals surface area contributed by atoms with Gasteiger partial charge in [-0.3, -0.25) is 14.5 Å². The Morgan fingerprint density at radius 3 is 2.44 bits per heavy atom. The molecule has 7 heteroatoms. The number of hydrogen-bond acceptors (Lipinski definition) is 3. The highest BCUT2D eigenvalue weighted by atomic mass is 35.5.